The number of hydrogen-bond donors (Lipinski definition) is 0. The minimum absolute atomic E-state index is 0.0210. The van der Waals surface area contributed by atoms with E-state index in [0.29, 0.717) is 18.0 Å². The van der Waals surface area contributed by atoms with Crippen molar-refractivity contribution in [1.29, 1.82) is 0 Å². The fraction of sp³-hybridized carbons (Fsp3) is 0.385. The van der Waals surface area contributed by atoms with Crippen LogP contribution in [0.4, 0.5) is 5.88 Å². The number of carbonyl (C=O) groups excluding carboxylic acids is 1. The molecule has 0 N–H and O–H groups in total. The van der Waals surface area contributed by atoms with Gasteiger partial charge in [0.2, 0.25) is 5.88 Å². The van der Waals surface area contributed by atoms with Crippen molar-refractivity contribution in [3.8, 4) is 11.3 Å². The van der Waals surface area contributed by atoms with Gasteiger partial charge in [0.1, 0.15) is 5.69 Å². The first-order valence-electron chi connectivity index (χ1n) is 11.0. The van der Waals surface area contributed by atoms with Gasteiger partial charge in [-0.05, 0) is 46.2 Å². The minimum atomic E-state index is 0.0210. The maximum atomic E-state index is 13.5. The molecule has 0 spiro atoms. The molecule has 3 aromatic rings. The SMILES string of the molecule is CCC(C)N(Cc1c(-c2ccccc2)noc1N(C)C(C)C)C(=O)c1ccc(C)cc1. The van der Waals surface area contributed by atoms with E-state index in [-0.39, 0.29) is 18.0 Å². The number of rotatable bonds is 8. The Morgan fingerprint density at radius 1 is 1.03 bits per heavy atom. The van der Waals surface area contributed by atoms with Gasteiger partial charge in [-0.1, -0.05) is 60.1 Å². The van der Waals surface area contributed by atoms with Gasteiger partial charge >= 0.3 is 0 Å². The second-order valence-corrected chi connectivity index (χ2v) is 8.44. The second kappa shape index (κ2) is 9.82. The van der Waals surface area contributed by atoms with Crippen LogP contribution in [0.5, 0.6) is 0 Å². The molecule has 3 rings (SSSR count). The van der Waals surface area contributed by atoms with E-state index in [1.807, 2.05) is 73.5 Å². The van der Waals surface area contributed by atoms with Crippen LogP contribution in [-0.4, -0.2) is 35.1 Å². The van der Waals surface area contributed by atoms with Crippen LogP contribution in [0.3, 0.4) is 0 Å². The van der Waals surface area contributed by atoms with Gasteiger partial charge in [-0.25, -0.2) is 0 Å². The van der Waals surface area contributed by atoms with Crippen LogP contribution in [0.25, 0.3) is 11.3 Å². The molecule has 1 amide bonds. The average molecular weight is 420 g/mol. The van der Waals surface area contributed by atoms with Crippen molar-refractivity contribution in [3.63, 3.8) is 0 Å². The van der Waals surface area contributed by atoms with Crippen LogP contribution >= 0.6 is 0 Å². The Morgan fingerprint density at radius 3 is 2.26 bits per heavy atom. The summed E-state index contributed by atoms with van der Waals surface area (Å²) in [5.41, 5.74) is 4.54. The van der Waals surface area contributed by atoms with Crippen molar-refractivity contribution < 1.29 is 9.32 Å². The minimum Gasteiger partial charge on any atom is -0.341 e. The van der Waals surface area contributed by atoms with Crippen molar-refractivity contribution in [2.45, 2.75) is 59.7 Å². The monoisotopic (exact) mass is 419 g/mol. The molecule has 5 nitrogen and oxygen atoms in total. The molecule has 0 saturated heterocycles. The summed E-state index contributed by atoms with van der Waals surface area (Å²) in [5, 5.41) is 4.42. The van der Waals surface area contributed by atoms with E-state index in [1.165, 1.54) is 0 Å². The zero-order valence-corrected chi connectivity index (χ0v) is 19.4. The van der Waals surface area contributed by atoms with Gasteiger partial charge < -0.3 is 14.3 Å². The molecule has 164 valence electrons. The smallest absolute Gasteiger partial charge is 0.254 e. The average Bonchev–Trinajstić information content (AvgIpc) is 3.20. The highest BCUT2D eigenvalue weighted by Crippen LogP contribution is 2.33. The van der Waals surface area contributed by atoms with Gasteiger partial charge in [0.15, 0.2) is 0 Å². The number of benzene rings is 2. The summed E-state index contributed by atoms with van der Waals surface area (Å²) < 4.78 is 5.83. The molecule has 0 radical (unpaired) electrons. The Morgan fingerprint density at radius 2 is 1.68 bits per heavy atom. The van der Waals surface area contributed by atoms with Crippen LogP contribution in [0.15, 0.2) is 59.1 Å². The van der Waals surface area contributed by atoms with Gasteiger partial charge in [-0.15, -0.1) is 0 Å². The molecule has 0 saturated carbocycles. The molecule has 1 atom stereocenters. The number of hydrogen-bond acceptors (Lipinski definition) is 4. The fourth-order valence-electron chi connectivity index (χ4n) is 3.46. The van der Waals surface area contributed by atoms with Crippen molar-refractivity contribution in [1.82, 2.24) is 10.1 Å². The Kier molecular flexibility index (Phi) is 7.16. The van der Waals surface area contributed by atoms with Crippen LogP contribution in [0, 0.1) is 6.92 Å². The maximum absolute atomic E-state index is 13.5. The Hall–Kier alpha value is -3.08. The first-order chi connectivity index (χ1) is 14.8. The van der Waals surface area contributed by atoms with Gasteiger partial charge in [-0.3, -0.25) is 4.79 Å². The normalized spacial score (nSPS) is 12.1. The molecule has 31 heavy (non-hydrogen) atoms. The predicted molar refractivity (Wildman–Crippen MR) is 126 cm³/mol. The number of aryl methyl sites for hydroxylation is 1. The molecule has 1 unspecified atom stereocenters. The highest BCUT2D eigenvalue weighted by molar-refractivity contribution is 5.94. The summed E-state index contributed by atoms with van der Waals surface area (Å²) in [6.45, 7) is 10.9. The Balaban J connectivity index is 2.06. The second-order valence-electron chi connectivity index (χ2n) is 8.44. The van der Waals surface area contributed by atoms with Gasteiger partial charge in [0.05, 0.1) is 12.1 Å². The third-order valence-electron chi connectivity index (χ3n) is 5.92. The lowest BCUT2D eigenvalue weighted by Crippen LogP contribution is -2.38. The molecule has 1 aromatic heterocycles. The number of amides is 1. The van der Waals surface area contributed by atoms with Crippen molar-refractivity contribution in [2.75, 3.05) is 11.9 Å². The van der Waals surface area contributed by atoms with Gasteiger partial charge in [0.25, 0.3) is 5.91 Å². The van der Waals surface area contributed by atoms with E-state index in [0.717, 1.165) is 28.8 Å². The van der Waals surface area contributed by atoms with E-state index in [1.54, 1.807) is 0 Å². The third kappa shape index (κ3) is 4.98. The summed E-state index contributed by atoms with van der Waals surface area (Å²) in [5.74, 6) is 0.728. The molecule has 5 heteroatoms. The highest BCUT2D eigenvalue weighted by atomic mass is 16.5. The third-order valence-corrected chi connectivity index (χ3v) is 5.92. The number of anilines is 1. The van der Waals surface area contributed by atoms with Crippen LogP contribution in [-0.2, 0) is 6.54 Å². The first kappa shape index (κ1) is 22.6. The summed E-state index contributed by atoms with van der Waals surface area (Å²) in [4.78, 5) is 17.5. The van der Waals surface area contributed by atoms with Crippen molar-refractivity contribution in [2.24, 2.45) is 0 Å². The standard InChI is InChI=1S/C26H33N3O2/c1-7-20(5)29(25(30)22-15-13-19(4)14-16-22)17-23-24(21-11-9-8-10-12-21)27-31-26(23)28(6)18(2)3/h8-16,18,20H,7,17H2,1-6H3. The maximum Gasteiger partial charge on any atom is 0.254 e. The van der Waals surface area contributed by atoms with E-state index in [2.05, 4.69) is 37.8 Å². The lowest BCUT2D eigenvalue weighted by molar-refractivity contribution is 0.0672. The largest absolute Gasteiger partial charge is 0.341 e. The predicted octanol–water partition coefficient (Wildman–Crippen LogP) is 5.94. The quantitative estimate of drug-likeness (QED) is 0.454. The number of nitrogens with zero attached hydrogens (tertiary/aromatic N) is 3. The van der Waals surface area contributed by atoms with Gasteiger partial charge in [0, 0.05) is 30.3 Å². The van der Waals surface area contributed by atoms with Crippen LogP contribution < -0.4 is 4.90 Å². The zero-order valence-electron chi connectivity index (χ0n) is 19.4. The van der Waals surface area contributed by atoms with Crippen molar-refractivity contribution in [3.05, 3.63) is 71.3 Å². The molecule has 2 aromatic carbocycles. The van der Waals surface area contributed by atoms with E-state index in [4.69, 9.17) is 4.52 Å². The summed E-state index contributed by atoms with van der Waals surface area (Å²) >= 11 is 0. The molecule has 0 aliphatic carbocycles. The highest BCUT2D eigenvalue weighted by Gasteiger charge is 2.28. The molecule has 0 fully saturated rings. The van der Waals surface area contributed by atoms with E-state index in [9.17, 15) is 4.79 Å². The summed E-state index contributed by atoms with van der Waals surface area (Å²) in [6, 6.07) is 18.1. The molecule has 1 heterocycles. The lowest BCUT2D eigenvalue weighted by Gasteiger charge is -2.30. The Bertz CT molecular complexity index is 993. The van der Waals surface area contributed by atoms with Crippen molar-refractivity contribution >= 4 is 11.8 Å². The zero-order chi connectivity index (χ0) is 22.5. The molecule has 0 aliphatic heterocycles. The van der Waals surface area contributed by atoms with Crippen LogP contribution in [0.2, 0.25) is 0 Å². The molecule has 0 aliphatic rings. The molecule has 0 bridgehead atoms. The summed E-state index contributed by atoms with van der Waals surface area (Å²) in [6.07, 6.45) is 0.860. The van der Waals surface area contributed by atoms with E-state index < -0.39 is 0 Å². The Labute approximate surface area is 185 Å². The van der Waals surface area contributed by atoms with E-state index >= 15 is 0 Å². The fourth-order valence-corrected chi connectivity index (χ4v) is 3.46. The number of carbonyl (C=O) groups is 1. The first-order valence-corrected chi connectivity index (χ1v) is 11.0. The topological polar surface area (TPSA) is 49.6 Å². The van der Waals surface area contributed by atoms with Gasteiger partial charge in [-0.2, -0.15) is 0 Å². The number of aromatic nitrogens is 1. The summed E-state index contributed by atoms with van der Waals surface area (Å²) in [7, 11) is 2.00. The van der Waals surface area contributed by atoms with Crippen LogP contribution in [0.1, 0.15) is 55.6 Å². The molecular weight excluding hydrogens is 386 g/mol. The molecular formula is C26H33N3O2. The lowest BCUT2D eigenvalue weighted by atomic mass is 10.0.